The summed E-state index contributed by atoms with van der Waals surface area (Å²) < 4.78 is 1.03. The third-order valence-electron chi connectivity index (χ3n) is 2.61. The Morgan fingerprint density at radius 2 is 2.12 bits per heavy atom. The molecule has 16 heavy (non-hydrogen) atoms. The number of halogens is 1. The lowest BCUT2D eigenvalue weighted by Gasteiger charge is -2.26. The Balaban J connectivity index is 1.96. The molecule has 1 fully saturated rings. The molecule has 1 amide bonds. The standard InChI is InChI=1S/C12H14BrNOS/c13-11-3-1-2-10(8-11)9-12(15)14-4-6-16-7-5-14/h1-3,8H,4-7,9H2. The van der Waals surface area contributed by atoms with E-state index in [9.17, 15) is 4.79 Å². The molecular weight excluding hydrogens is 286 g/mol. The summed E-state index contributed by atoms with van der Waals surface area (Å²) in [5, 5.41) is 0. The molecule has 1 heterocycles. The smallest absolute Gasteiger partial charge is 0.227 e. The van der Waals surface area contributed by atoms with E-state index in [1.54, 1.807) is 0 Å². The minimum atomic E-state index is 0.249. The topological polar surface area (TPSA) is 20.3 Å². The van der Waals surface area contributed by atoms with Gasteiger partial charge in [0.15, 0.2) is 0 Å². The molecule has 4 heteroatoms. The van der Waals surface area contributed by atoms with Crippen molar-refractivity contribution >= 4 is 33.6 Å². The second-order valence-electron chi connectivity index (χ2n) is 3.80. The summed E-state index contributed by atoms with van der Waals surface area (Å²) in [7, 11) is 0. The third kappa shape index (κ3) is 3.25. The van der Waals surface area contributed by atoms with E-state index in [0.717, 1.165) is 34.6 Å². The van der Waals surface area contributed by atoms with Crippen molar-refractivity contribution in [2.24, 2.45) is 0 Å². The molecule has 0 bridgehead atoms. The fourth-order valence-corrected chi connectivity index (χ4v) is 3.10. The van der Waals surface area contributed by atoms with Gasteiger partial charge < -0.3 is 4.90 Å². The number of carbonyl (C=O) groups is 1. The van der Waals surface area contributed by atoms with Crippen LogP contribution in [0, 0.1) is 0 Å². The Hall–Kier alpha value is -0.480. The highest BCUT2D eigenvalue weighted by Gasteiger charge is 2.16. The van der Waals surface area contributed by atoms with Gasteiger partial charge in [0, 0.05) is 29.1 Å². The summed E-state index contributed by atoms with van der Waals surface area (Å²) in [6, 6.07) is 7.96. The zero-order valence-electron chi connectivity index (χ0n) is 8.99. The average molecular weight is 300 g/mol. The quantitative estimate of drug-likeness (QED) is 0.836. The first-order chi connectivity index (χ1) is 7.75. The lowest BCUT2D eigenvalue weighted by molar-refractivity contribution is -0.130. The highest BCUT2D eigenvalue weighted by atomic mass is 79.9. The Labute approximate surface area is 109 Å². The maximum atomic E-state index is 12.0. The number of carbonyl (C=O) groups excluding carboxylic acids is 1. The van der Waals surface area contributed by atoms with Crippen LogP contribution in [0.2, 0.25) is 0 Å². The minimum absolute atomic E-state index is 0.249. The molecule has 1 saturated heterocycles. The highest BCUT2D eigenvalue weighted by Crippen LogP contribution is 2.14. The van der Waals surface area contributed by atoms with Gasteiger partial charge in [-0.3, -0.25) is 4.79 Å². The molecule has 0 atom stereocenters. The second-order valence-corrected chi connectivity index (χ2v) is 5.94. The summed E-state index contributed by atoms with van der Waals surface area (Å²) in [5.41, 5.74) is 1.08. The first-order valence-corrected chi connectivity index (χ1v) is 7.30. The van der Waals surface area contributed by atoms with Gasteiger partial charge in [-0.25, -0.2) is 0 Å². The van der Waals surface area contributed by atoms with Crippen LogP contribution in [0.5, 0.6) is 0 Å². The average Bonchev–Trinajstić information content (AvgIpc) is 2.30. The summed E-state index contributed by atoms with van der Waals surface area (Å²) >= 11 is 5.34. The highest BCUT2D eigenvalue weighted by molar-refractivity contribution is 9.10. The lowest BCUT2D eigenvalue weighted by atomic mass is 10.1. The predicted molar refractivity (Wildman–Crippen MR) is 71.8 cm³/mol. The van der Waals surface area contributed by atoms with Gasteiger partial charge in [-0.05, 0) is 17.7 Å². The van der Waals surface area contributed by atoms with Crippen molar-refractivity contribution in [3.63, 3.8) is 0 Å². The van der Waals surface area contributed by atoms with E-state index in [-0.39, 0.29) is 5.91 Å². The van der Waals surface area contributed by atoms with Crippen molar-refractivity contribution in [3.8, 4) is 0 Å². The Morgan fingerprint density at radius 1 is 1.38 bits per heavy atom. The van der Waals surface area contributed by atoms with Crippen LogP contribution in [0.1, 0.15) is 5.56 Å². The third-order valence-corrected chi connectivity index (χ3v) is 4.04. The molecule has 0 spiro atoms. The van der Waals surface area contributed by atoms with E-state index in [0.29, 0.717) is 6.42 Å². The van der Waals surface area contributed by atoms with Gasteiger partial charge in [-0.1, -0.05) is 28.1 Å². The molecule has 1 aliphatic rings. The molecule has 2 nitrogen and oxygen atoms in total. The molecule has 2 rings (SSSR count). The molecule has 86 valence electrons. The van der Waals surface area contributed by atoms with Crippen molar-refractivity contribution < 1.29 is 4.79 Å². The van der Waals surface area contributed by atoms with Gasteiger partial charge in [0.05, 0.1) is 6.42 Å². The van der Waals surface area contributed by atoms with Crippen LogP contribution in [0.25, 0.3) is 0 Å². The molecule has 0 aromatic heterocycles. The number of benzene rings is 1. The molecular formula is C12H14BrNOS. The maximum absolute atomic E-state index is 12.0. The van der Waals surface area contributed by atoms with Crippen LogP contribution in [0.4, 0.5) is 0 Å². The number of amides is 1. The van der Waals surface area contributed by atoms with Crippen LogP contribution in [0.3, 0.4) is 0 Å². The number of nitrogens with zero attached hydrogens (tertiary/aromatic N) is 1. The summed E-state index contributed by atoms with van der Waals surface area (Å²) in [5.74, 6) is 2.40. The summed E-state index contributed by atoms with van der Waals surface area (Å²) in [6.45, 7) is 1.80. The summed E-state index contributed by atoms with van der Waals surface area (Å²) in [4.78, 5) is 13.9. The Bertz CT molecular complexity index is 377. The Kier molecular flexibility index (Phi) is 4.29. The zero-order chi connectivity index (χ0) is 11.4. The monoisotopic (exact) mass is 299 g/mol. The van der Waals surface area contributed by atoms with Crippen molar-refractivity contribution in [1.29, 1.82) is 0 Å². The molecule has 0 saturated carbocycles. The fraction of sp³-hybridized carbons (Fsp3) is 0.417. The Morgan fingerprint density at radius 3 is 2.81 bits per heavy atom. The van der Waals surface area contributed by atoms with Gasteiger partial charge >= 0.3 is 0 Å². The first kappa shape index (κ1) is 12.0. The molecule has 1 aromatic carbocycles. The van der Waals surface area contributed by atoms with Crippen LogP contribution < -0.4 is 0 Å². The van der Waals surface area contributed by atoms with E-state index in [1.165, 1.54) is 0 Å². The van der Waals surface area contributed by atoms with Gasteiger partial charge in [0.25, 0.3) is 0 Å². The number of rotatable bonds is 2. The van der Waals surface area contributed by atoms with Crippen LogP contribution in [-0.4, -0.2) is 35.4 Å². The van der Waals surface area contributed by atoms with Gasteiger partial charge in [-0.15, -0.1) is 0 Å². The normalized spacial score (nSPS) is 16.2. The van der Waals surface area contributed by atoms with E-state index in [1.807, 2.05) is 40.9 Å². The van der Waals surface area contributed by atoms with Crippen LogP contribution in [0.15, 0.2) is 28.7 Å². The zero-order valence-corrected chi connectivity index (χ0v) is 11.4. The molecule has 0 N–H and O–H groups in total. The number of thioether (sulfide) groups is 1. The van der Waals surface area contributed by atoms with E-state index < -0.39 is 0 Å². The number of hydrogen-bond acceptors (Lipinski definition) is 2. The van der Waals surface area contributed by atoms with E-state index >= 15 is 0 Å². The van der Waals surface area contributed by atoms with Crippen molar-refractivity contribution in [3.05, 3.63) is 34.3 Å². The largest absolute Gasteiger partial charge is 0.341 e. The van der Waals surface area contributed by atoms with E-state index in [2.05, 4.69) is 15.9 Å². The van der Waals surface area contributed by atoms with Crippen LogP contribution in [-0.2, 0) is 11.2 Å². The maximum Gasteiger partial charge on any atom is 0.227 e. The first-order valence-electron chi connectivity index (χ1n) is 5.35. The molecule has 0 unspecified atom stereocenters. The fourth-order valence-electron chi connectivity index (χ4n) is 1.75. The minimum Gasteiger partial charge on any atom is -0.341 e. The van der Waals surface area contributed by atoms with Crippen LogP contribution >= 0.6 is 27.7 Å². The van der Waals surface area contributed by atoms with Crippen molar-refractivity contribution in [1.82, 2.24) is 4.90 Å². The molecule has 1 aromatic rings. The predicted octanol–water partition coefficient (Wildman–Crippen LogP) is 2.57. The SMILES string of the molecule is O=C(Cc1cccc(Br)c1)N1CCSCC1. The van der Waals surface area contributed by atoms with Gasteiger partial charge in [0.1, 0.15) is 0 Å². The lowest BCUT2D eigenvalue weighted by Crippen LogP contribution is -2.38. The number of hydrogen-bond donors (Lipinski definition) is 0. The van der Waals surface area contributed by atoms with Crippen molar-refractivity contribution in [2.45, 2.75) is 6.42 Å². The molecule has 0 aliphatic carbocycles. The van der Waals surface area contributed by atoms with Crippen molar-refractivity contribution in [2.75, 3.05) is 24.6 Å². The van der Waals surface area contributed by atoms with Gasteiger partial charge in [-0.2, -0.15) is 11.8 Å². The molecule has 0 radical (unpaired) electrons. The molecule has 1 aliphatic heterocycles. The second kappa shape index (κ2) is 5.73. The van der Waals surface area contributed by atoms with E-state index in [4.69, 9.17) is 0 Å². The summed E-state index contributed by atoms with van der Waals surface area (Å²) in [6.07, 6.45) is 0.518. The van der Waals surface area contributed by atoms with Gasteiger partial charge in [0.2, 0.25) is 5.91 Å².